The molecule has 0 bridgehead atoms. The van der Waals surface area contributed by atoms with Gasteiger partial charge in [-0.05, 0) is 97.2 Å². The Morgan fingerprint density at radius 3 is 2.38 bits per heavy atom. The van der Waals surface area contributed by atoms with Gasteiger partial charge in [0.25, 0.3) is 0 Å². The number of carboxylic acids is 1. The fourth-order valence-corrected chi connectivity index (χ4v) is 11.3. The lowest BCUT2D eigenvalue weighted by atomic mass is 9.33. The van der Waals surface area contributed by atoms with Crippen molar-refractivity contribution in [1.29, 1.82) is 0 Å². The van der Waals surface area contributed by atoms with Crippen LogP contribution in [0.25, 0.3) is 0 Å². The van der Waals surface area contributed by atoms with Gasteiger partial charge in [-0.25, -0.2) is 0 Å². The molecule has 0 saturated heterocycles. The molecule has 6 heteroatoms. The zero-order chi connectivity index (χ0) is 28.9. The third-order valence-electron chi connectivity index (χ3n) is 13.6. The molecule has 0 aromatic carbocycles. The van der Waals surface area contributed by atoms with E-state index in [0.29, 0.717) is 11.8 Å². The van der Waals surface area contributed by atoms with E-state index in [0.717, 1.165) is 44.9 Å². The van der Waals surface area contributed by atoms with Crippen molar-refractivity contribution in [3.05, 3.63) is 35.4 Å². The van der Waals surface area contributed by atoms with Crippen LogP contribution in [-0.2, 0) is 21.4 Å². The topological polar surface area (TPSA) is 92.2 Å². The van der Waals surface area contributed by atoms with E-state index < -0.39 is 11.4 Å². The quantitative estimate of drug-likeness (QED) is 0.422. The lowest BCUT2D eigenvalue weighted by Gasteiger charge is -2.70. The van der Waals surface area contributed by atoms with Crippen molar-refractivity contribution in [3.63, 3.8) is 0 Å². The predicted molar refractivity (Wildman–Crippen MR) is 155 cm³/mol. The molecule has 40 heavy (non-hydrogen) atoms. The Kier molecular flexibility index (Phi) is 6.03. The zero-order valence-electron chi connectivity index (χ0n) is 25.7. The van der Waals surface area contributed by atoms with Gasteiger partial charge in [-0.3, -0.25) is 19.6 Å². The van der Waals surface area contributed by atoms with Crippen LogP contribution in [0.3, 0.4) is 0 Å². The van der Waals surface area contributed by atoms with Crippen LogP contribution in [0.15, 0.2) is 24.0 Å². The first-order valence-electron chi connectivity index (χ1n) is 15.6. The summed E-state index contributed by atoms with van der Waals surface area (Å²) in [6.45, 7) is 16.8. The Morgan fingerprint density at radius 2 is 1.65 bits per heavy atom. The largest absolute Gasteiger partial charge is 0.480 e. The van der Waals surface area contributed by atoms with Crippen LogP contribution in [0.5, 0.6) is 0 Å². The average Bonchev–Trinajstić information content (AvgIpc) is 2.87. The van der Waals surface area contributed by atoms with Crippen molar-refractivity contribution < 1.29 is 14.7 Å². The molecule has 5 aliphatic carbocycles. The van der Waals surface area contributed by atoms with Gasteiger partial charge < -0.3 is 10.4 Å². The van der Waals surface area contributed by atoms with E-state index in [-0.39, 0.29) is 45.4 Å². The van der Waals surface area contributed by atoms with Crippen LogP contribution in [-0.4, -0.2) is 33.5 Å². The molecule has 0 aliphatic heterocycles. The zero-order valence-corrected chi connectivity index (χ0v) is 25.7. The number of carbonyl (C=O) groups is 2. The van der Waals surface area contributed by atoms with E-state index in [1.165, 1.54) is 29.8 Å². The van der Waals surface area contributed by atoms with Crippen LogP contribution < -0.4 is 5.32 Å². The number of carbonyl (C=O) groups excluding carboxylic acids is 1. The monoisotopic (exact) mass is 547 g/mol. The third kappa shape index (κ3) is 3.59. The summed E-state index contributed by atoms with van der Waals surface area (Å²) in [5.41, 5.74) is 3.81. The van der Waals surface area contributed by atoms with E-state index in [4.69, 9.17) is 9.97 Å². The number of carboxylic acid groups (broad SMARTS) is 1. The number of hydrogen-bond acceptors (Lipinski definition) is 4. The second kappa shape index (κ2) is 8.64. The number of rotatable bonds is 3. The summed E-state index contributed by atoms with van der Waals surface area (Å²) in [6.07, 6.45) is 15.4. The van der Waals surface area contributed by atoms with E-state index in [2.05, 4.69) is 59.9 Å². The van der Waals surface area contributed by atoms with Crippen molar-refractivity contribution >= 4 is 11.9 Å². The number of amides is 1. The molecule has 218 valence electrons. The summed E-state index contributed by atoms with van der Waals surface area (Å²) in [4.78, 5) is 34.9. The highest BCUT2D eigenvalue weighted by molar-refractivity contribution is 5.87. The molecule has 7 atom stereocenters. The molecule has 2 N–H and O–H groups in total. The highest BCUT2D eigenvalue weighted by atomic mass is 16.4. The molecule has 3 fully saturated rings. The van der Waals surface area contributed by atoms with Gasteiger partial charge in [0.05, 0.1) is 16.8 Å². The number of nitrogens with zero attached hydrogens (tertiary/aromatic N) is 2. The minimum absolute atomic E-state index is 0.0137. The summed E-state index contributed by atoms with van der Waals surface area (Å²) in [7, 11) is 0. The Morgan fingerprint density at radius 1 is 0.950 bits per heavy atom. The number of aromatic nitrogens is 2. The standard InChI is InChI=1S/C34H49N3O3/c1-29(2)12-14-34(28(40)37-20-26(38)39)15-13-32(6)21(22(34)18-29)8-9-25-31(5)19-23-27(36-17-16-35-23)30(3,4)24(31)10-11-33(25,32)7/h8,16-17,22,24-25H,9-15,18-20H2,1-7H3,(H,37,40)(H,38,39)/t22-,24-,25+,31-,32+,33+,34-/m0/s1. The summed E-state index contributed by atoms with van der Waals surface area (Å²) in [5, 5.41) is 12.1. The maximum absolute atomic E-state index is 13.8. The Bertz CT molecular complexity index is 1280. The van der Waals surface area contributed by atoms with Crippen molar-refractivity contribution in [3.8, 4) is 0 Å². The Balaban J connectivity index is 1.43. The van der Waals surface area contributed by atoms with Gasteiger partial charge in [0.1, 0.15) is 6.54 Å². The fraction of sp³-hybridized carbons (Fsp3) is 0.765. The second-order valence-electron chi connectivity index (χ2n) is 16.2. The summed E-state index contributed by atoms with van der Waals surface area (Å²) in [5.74, 6) is 0.245. The van der Waals surface area contributed by atoms with Crippen molar-refractivity contribution in [2.24, 2.45) is 44.8 Å². The molecule has 0 spiro atoms. The van der Waals surface area contributed by atoms with Crippen molar-refractivity contribution in [2.45, 2.75) is 112 Å². The number of nitrogens with one attached hydrogen (secondary N) is 1. The van der Waals surface area contributed by atoms with Gasteiger partial charge in [-0.1, -0.05) is 60.1 Å². The maximum Gasteiger partial charge on any atom is 0.322 e. The molecule has 0 radical (unpaired) electrons. The molecular formula is C34H49N3O3. The summed E-state index contributed by atoms with van der Waals surface area (Å²) >= 11 is 0. The Hall–Kier alpha value is -2.24. The van der Waals surface area contributed by atoms with E-state index in [1.54, 1.807) is 0 Å². The second-order valence-corrected chi connectivity index (χ2v) is 16.2. The molecule has 0 unspecified atom stereocenters. The van der Waals surface area contributed by atoms with Gasteiger partial charge >= 0.3 is 5.97 Å². The van der Waals surface area contributed by atoms with Gasteiger partial charge in [-0.2, -0.15) is 0 Å². The van der Waals surface area contributed by atoms with Gasteiger partial charge in [0.2, 0.25) is 5.91 Å². The number of hydrogen-bond donors (Lipinski definition) is 2. The van der Waals surface area contributed by atoms with Crippen molar-refractivity contribution in [1.82, 2.24) is 15.3 Å². The molecule has 5 aliphatic rings. The number of aliphatic carboxylic acids is 1. The number of allylic oxidation sites excluding steroid dienone is 2. The van der Waals surface area contributed by atoms with E-state index in [9.17, 15) is 14.7 Å². The predicted octanol–water partition coefficient (Wildman–Crippen LogP) is 6.49. The molecule has 6 nitrogen and oxygen atoms in total. The minimum atomic E-state index is -0.975. The first-order chi connectivity index (χ1) is 18.6. The molecule has 1 heterocycles. The SMILES string of the molecule is CC1(C)CC[C@]2(C(=O)NCC(=O)O)CC[C@]3(C)C(=CC[C@@H]4[C@@]5(C)Cc6nccnc6C(C)(C)[C@@H]5CC[C@]43C)[C@@H]2C1. The summed E-state index contributed by atoms with van der Waals surface area (Å²) in [6, 6.07) is 0. The van der Waals surface area contributed by atoms with Gasteiger partial charge in [0, 0.05) is 17.8 Å². The Labute approximate surface area is 240 Å². The van der Waals surface area contributed by atoms with Gasteiger partial charge in [-0.15, -0.1) is 0 Å². The van der Waals surface area contributed by atoms with Crippen LogP contribution in [0.2, 0.25) is 0 Å². The lowest BCUT2D eigenvalue weighted by Crippen LogP contribution is -2.65. The van der Waals surface area contributed by atoms with Crippen LogP contribution >= 0.6 is 0 Å². The average molecular weight is 548 g/mol. The highest BCUT2D eigenvalue weighted by Crippen LogP contribution is 2.75. The molecular weight excluding hydrogens is 498 g/mol. The van der Waals surface area contributed by atoms with Crippen LogP contribution in [0, 0.1) is 44.8 Å². The van der Waals surface area contributed by atoms with Crippen LogP contribution in [0.1, 0.15) is 111 Å². The first kappa shape index (κ1) is 27.9. The maximum atomic E-state index is 13.8. The molecule has 1 aromatic rings. The first-order valence-corrected chi connectivity index (χ1v) is 15.6. The number of fused-ring (bicyclic) bond motifs is 8. The van der Waals surface area contributed by atoms with Crippen molar-refractivity contribution in [2.75, 3.05) is 6.54 Å². The minimum Gasteiger partial charge on any atom is -0.480 e. The summed E-state index contributed by atoms with van der Waals surface area (Å²) < 4.78 is 0. The van der Waals surface area contributed by atoms with Crippen LogP contribution in [0.4, 0.5) is 0 Å². The molecule has 3 saturated carbocycles. The lowest BCUT2D eigenvalue weighted by molar-refractivity contribution is -0.168. The highest BCUT2D eigenvalue weighted by Gasteiger charge is 2.69. The third-order valence-corrected chi connectivity index (χ3v) is 13.6. The molecule has 1 aromatic heterocycles. The smallest absolute Gasteiger partial charge is 0.322 e. The molecule has 6 rings (SSSR count). The normalized spacial score (nSPS) is 42.6. The van der Waals surface area contributed by atoms with Gasteiger partial charge in [0.15, 0.2) is 0 Å². The van der Waals surface area contributed by atoms with E-state index >= 15 is 0 Å². The van der Waals surface area contributed by atoms with E-state index in [1.807, 2.05) is 12.4 Å². The molecule has 1 amide bonds. The fourth-order valence-electron chi connectivity index (χ4n) is 11.3.